The Morgan fingerprint density at radius 3 is 2.74 bits per heavy atom. The van der Waals surface area contributed by atoms with Crippen LogP contribution in [0.2, 0.25) is 0 Å². The highest BCUT2D eigenvalue weighted by Crippen LogP contribution is 2.32. The molecule has 0 saturated heterocycles. The quantitative estimate of drug-likeness (QED) is 0.486. The predicted molar refractivity (Wildman–Crippen MR) is 113 cm³/mol. The van der Waals surface area contributed by atoms with E-state index in [9.17, 15) is 13.6 Å². The third-order valence-electron chi connectivity index (χ3n) is 4.69. The summed E-state index contributed by atoms with van der Waals surface area (Å²) in [4.78, 5) is 17.0. The van der Waals surface area contributed by atoms with E-state index in [1.54, 1.807) is 36.5 Å². The molecule has 156 valence electrons. The molecule has 0 aliphatic carbocycles. The van der Waals surface area contributed by atoms with Crippen LogP contribution in [0.15, 0.2) is 54.7 Å². The van der Waals surface area contributed by atoms with Gasteiger partial charge in [-0.05, 0) is 48.0 Å². The largest absolute Gasteiger partial charge is 0.495 e. The number of hydrogen-bond acceptors (Lipinski definition) is 4. The first-order chi connectivity index (χ1) is 15.1. The van der Waals surface area contributed by atoms with Gasteiger partial charge in [-0.15, -0.1) is 0 Å². The van der Waals surface area contributed by atoms with Crippen LogP contribution in [0.4, 0.5) is 8.78 Å². The van der Waals surface area contributed by atoms with E-state index in [-0.39, 0.29) is 12.5 Å². The maximum Gasteiger partial charge on any atom is 0.255 e. The molecule has 0 spiro atoms. The lowest BCUT2D eigenvalue weighted by molar-refractivity contribution is 0.0947. The minimum Gasteiger partial charge on any atom is -0.495 e. The molecule has 0 aliphatic heterocycles. The zero-order chi connectivity index (χ0) is 21.8. The van der Waals surface area contributed by atoms with Gasteiger partial charge in [-0.25, -0.2) is 8.78 Å². The fourth-order valence-corrected chi connectivity index (χ4v) is 3.18. The number of nitrogens with one attached hydrogen (secondary N) is 2. The van der Waals surface area contributed by atoms with Crippen molar-refractivity contribution in [3.8, 4) is 5.75 Å². The molecule has 1 amide bonds. The number of halogens is 2. The van der Waals surface area contributed by atoms with E-state index in [2.05, 4.69) is 20.5 Å². The van der Waals surface area contributed by atoms with E-state index in [4.69, 9.17) is 4.74 Å². The van der Waals surface area contributed by atoms with Crippen LogP contribution in [0.5, 0.6) is 5.75 Å². The van der Waals surface area contributed by atoms with Gasteiger partial charge in [0.1, 0.15) is 5.75 Å². The van der Waals surface area contributed by atoms with Crippen LogP contribution in [-0.4, -0.2) is 28.2 Å². The molecule has 0 radical (unpaired) electrons. The molecule has 8 heteroatoms. The lowest BCUT2D eigenvalue weighted by atomic mass is 10.1. The van der Waals surface area contributed by atoms with Crippen LogP contribution in [-0.2, 0) is 6.54 Å². The summed E-state index contributed by atoms with van der Waals surface area (Å²) in [5, 5.41) is 10.6. The Morgan fingerprint density at radius 1 is 1.13 bits per heavy atom. The van der Waals surface area contributed by atoms with Crippen molar-refractivity contribution in [3.05, 3.63) is 88.9 Å². The third kappa shape index (κ3) is 4.28. The second kappa shape index (κ2) is 8.74. The van der Waals surface area contributed by atoms with Crippen LogP contribution < -0.4 is 10.1 Å². The number of amides is 1. The molecule has 31 heavy (non-hydrogen) atoms. The van der Waals surface area contributed by atoms with E-state index < -0.39 is 11.6 Å². The SMILES string of the molecule is COc1c(C(=O)NCc2ccccn2)ccc2[nH]nc(/C=C/c3ccc(F)c(F)c3)c12. The van der Waals surface area contributed by atoms with Crippen LogP contribution in [0.3, 0.4) is 0 Å². The monoisotopic (exact) mass is 420 g/mol. The number of aromatic nitrogens is 3. The van der Waals surface area contributed by atoms with Crippen molar-refractivity contribution < 1.29 is 18.3 Å². The molecule has 0 unspecified atom stereocenters. The Kier molecular flexibility index (Phi) is 5.70. The topological polar surface area (TPSA) is 79.9 Å². The van der Waals surface area contributed by atoms with Gasteiger partial charge in [-0.1, -0.05) is 18.2 Å². The summed E-state index contributed by atoms with van der Waals surface area (Å²) in [6.45, 7) is 0.273. The average Bonchev–Trinajstić information content (AvgIpc) is 3.21. The fraction of sp³-hybridized carbons (Fsp3) is 0.0870. The van der Waals surface area contributed by atoms with Crippen molar-refractivity contribution in [1.82, 2.24) is 20.5 Å². The molecule has 4 rings (SSSR count). The molecule has 2 heterocycles. The highest BCUT2D eigenvalue weighted by Gasteiger charge is 2.19. The van der Waals surface area contributed by atoms with Crippen molar-refractivity contribution in [2.75, 3.05) is 7.11 Å². The summed E-state index contributed by atoms with van der Waals surface area (Å²) in [6.07, 6.45) is 4.90. The molecule has 2 N–H and O–H groups in total. The number of nitrogens with zero attached hydrogens (tertiary/aromatic N) is 2. The van der Waals surface area contributed by atoms with E-state index in [0.29, 0.717) is 33.5 Å². The van der Waals surface area contributed by atoms with Gasteiger partial charge in [0, 0.05) is 6.20 Å². The first-order valence-corrected chi connectivity index (χ1v) is 9.43. The Labute approximate surface area is 176 Å². The number of aromatic amines is 1. The first-order valence-electron chi connectivity index (χ1n) is 9.43. The number of benzene rings is 2. The molecular formula is C23H18F2N4O2. The lowest BCUT2D eigenvalue weighted by Crippen LogP contribution is -2.23. The van der Waals surface area contributed by atoms with Gasteiger partial charge in [0.05, 0.1) is 41.5 Å². The predicted octanol–water partition coefficient (Wildman–Crippen LogP) is 4.35. The Balaban J connectivity index is 1.65. The number of carbonyl (C=O) groups is 1. The van der Waals surface area contributed by atoms with E-state index in [1.165, 1.54) is 13.2 Å². The summed E-state index contributed by atoms with van der Waals surface area (Å²) in [5.74, 6) is -1.81. The molecule has 0 bridgehead atoms. The standard InChI is InChI=1S/C23H18F2N4O2/c1-31-22-16(23(30)27-13-15-4-2-3-11-26-15)7-10-20-21(22)19(28-29-20)9-6-14-5-8-17(24)18(25)12-14/h2-12H,13H2,1H3,(H,27,30)(H,28,29)/b9-6+. The summed E-state index contributed by atoms with van der Waals surface area (Å²) < 4.78 is 32.1. The highest BCUT2D eigenvalue weighted by molar-refractivity contribution is 6.05. The molecule has 2 aromatic carbocycles. The van der Waals surface area contributed by atoms with Crippen molar-refractivity contribution in [2.45, 2.75) is 6.54 Å². The minimum atomic E-state index is -0.932. The molecule has 0 fully saturated rings. The number of hydrogen-bond donors (Lipinski definition) is 2. The molecule has 0 saturated carbocycles. The summed E-state index contributed by atoms with van der Waals surface area (Å²) in [6, 6.07) is 12.5. The van der Waals surface area contributed by atoms with E-state index >= 15 is 0 Å². The zero-order valence-corrected chi connectivity index (χ0v) is 16.5. The smallest absolute Gasteiger partial charge is 0.255 e. The van der Waals surface area contributed by atoms with Crippen LogP contribution in [0.1, 0.15) is 27.3 Å². The minimum absolute atomic E-state index is 0.273. The number of rotatable bonds is 6. The van der Waals surface area contributed by atoms with Crippen LogP contribution >= 0.6 is 0 Å². The zero-order valence-electron chi connectivity index (χ0n) is 16.5. The van der Waals surface area contributed by atoms with Crippen molar-refractivity contribution in [2.24, 2.45) is 0 Å². The lowest BCUT2D eigenvalue weighted by Gasteiger charge is -2.10. The normalized spacial score (nSPS) is 11.2. The summed E-state index contributed by atoms with van der Waals surface area (Å²) in [5.41, 5.74) is 2.71. The van der Waals surface area contributed by atoms with E-state index in [0.717, 1.165) is 17.8 Å². The molecule has 0 aliphatic rings. The van der Waals surface area contributed by atoms with Gasteiger partial charge in [-0.2, -0.15) is 5.10 Å². The maximum absolute atomic E-state index is 13.5. The van der Waals surface area contributed by atoms with Gasteiger partial charge in [-0.3, -0.25) is 14.9 Å². The van der Waals surface area contributed by atoms with Gasteiger partial charge in [0.2, 0.25) is 0 Å². The first kappa shape index (κ1) is 20.2. The number of pyridine rings is 1. The molecule has 6 nitrogen and oxygen atoms in total. The Morgan fingerprint density at radius 2 is 2.00 bits per heavy atom. The molecule has 4 aromatic rings. The van der Waals surface area contributed by atoms with Gasteiger partial charge >= 0.3 is 0 Å². The number of H-pyrrole nitrogens is 1. The molecular weight excluding hydrogens is 402 g/mol. The fourth-order valence-electron chi connectivity index (χ4n) is 3.18. The Bertz CT molecular complexity index is 1270. The number of carbonyl (C=O) groups excluding carboxylic acids is 1. The second-order valence-corrected chi connectivity index (χ2v) is 6.69. The summed E-state index contributed by atoms with van der Waals surface area (Å²) >= 11 is 0. The highest BCUT2D eigenvalue weighted by atomic mass is 19.2. The number of ether oxygens (including phenoxy) is 1. The van der Waals surface area contributed by atoms with Gasteiger partial charge < -0.3 is 10.1 Å². The maximum atomic E-state index is 13.5. The van der Waals surface area contributed by atoms with E-state index in [1.807, 2.05) is 12.1 Å². The molecule has 2 aromatic heterocycles. The van der Waals surface area contributed by atoms with Crippen LogP contribution in [0.25, 0.3) is 23.1 Å². The van der Waals surface area contributed by atoms with Crippen molar-refractivity contribution in [3.63, 3.8) is 0 Å². The third-order valence-corrected chi connectivity index (χ3v) is 4.69. The van der Waals surface area contributed by atoms with Gasteiger partial charge in [0.25, 0.3) is 5.91 Å². The van der Waals surface area contributed by atoms with Crippen LogP contribution in [0, 0.1) is 11.6 Å². The second-order valence-electron chi connectivity index (χ2n) is 6.69. The van der Waals surface area contributed by atoms with Crippen molar-refractivity contribution >= 4 is 29.0 Å². The summed E-state index contributed by atoms with van der Waals surface area (Å²) in [7, 11) is 1.47. The van der Waals surface area contributed by atoms with Gasteiger partial charge in [0.15, 0.2) is 11.6 Å². The number of methoxy groups -OCH3 is 1. The Hall–Kier alpha value is -4.07. The molecule has 0 atom stereocenters. The number of fused-ring (bicyclic) bond motifs is 1. The average molecular weight is 420 g/mol. The van der Waals surface area contributed by atoms with Crippen molar-refractivity contribution in [1.29, 1.82) is 0 Å².